The number of rotatable bonds is 2. The van der Waals surface area contributed by atoms with Gasteiger partial charge in [-0.3, -0.25) is 20.1 Å². The number of carbonyl (C=O) groups excluding carboxylic acids is 1. The van der Waals surface area contributed by atoms with Crippen molar-refractivity contribution in [2.45, 2.75) is 45.7 Å². The van der Waals surface area contributed by atoms with Gasteiger partial charge in [-0.25, -0.2) is 0 Å². The quantitative estimate of drug-likeness (QED) is 0.766. The molecule has 0 radical (unpaired) electrons. The Kier molecular flexibility index (Phi) is 6.37. The van der Waals surface area contributed by atoms with E-state index in [-0.39, 0.29) is 18.0 Å². The molecule has 0 saturated carbocycles. The van der Waals surface area contributed by atoms with Gasteiger partial charge in [0.1, 0.15) is 11.6 Å². The molecule has 8 heteroatoms. The van der Waals surface area contributed by atoms with Crippen LogP contribution in [0.15, 0.2) is 28.2 Å². The highest BCUT2D eigenvalue weighted by Crippen LogP contribution is 2.24. The van der Waals surface area contributed by atoms with Crippen molar-refractivity contribution in [3.05, 3.63) is 23.2 Å². The van der Waals surface area contributed by atoms with Gasteiger partial charge in [-0.1, -0.05) is 0 Å². The van der Waals surface area contributed by atoms with E-state index in [0.29, 0.717) is 23.9 Å². The molecule has 0 aromatic carbocycles. The number of nitrogens with one attached hydrogen (secondary N) is 2. The number of hydrogen-bond donors (Lipinski definition) is 2. The Balaban J connectivity index is 2.46. The molecule has 1 fully saturated rings. The fraction of sp³-hybridized carbons (Fsp3) is 0.556. The highest BCUT2D eigenvalue weighted by molar-refractivity contribution is 5.99. The van der Waals surface area contributed by atoms with Crippen LogP contribution in [-0.2, 0) is 4.79 Å². The number of allylic oxidation sites excluding steroid dienone is 2. The molecular formula is C18H25N7O. The van der Waals surface area contributed by atoms with Crippen LogP contribution >= 0.6 is 0 Å². The van der Waals surface area contributed by atoms with Crippen molar-refractivity contribution in [2.75, 3.05) is 20.1 Å². The number of nitriles is 2. The Labute approximate surface area is 154 Å². The molecule has 0 aliphatic carbocycles. The third-order valence-corrected chi connectivity index (χ3v) is 4.71. The molecule has 2 heterocycles. The second-order valence-electron chi connectivity index (χ2n) is 6.82. The zero-order valence-electron chi connectivity index (χ0n) is 15.7. The van der Waals surface area contributed by atoms with Crippen LogP contribution in [0.3, 0.4) is 0 Å². The van der Waals surface area contributed by atoms with Gasteiger partial charge in [0.25, 0.3) is 5.91 Å². The van der Waals surface area contributed by atoms with Gasteiger partial charge in [0.15, 0.2) is 0 Å². The van der Waals surface area contributed by atoms with E-state index in [1.54, 1.807) is 0 Å². The second-order valence-corrected chi connectivity index (χ2v) is 6.82. The highest BCUT2D eigenvalue weighted by Gasteiger charge is 2.31. The second kappa shape index (κ2) is 8.50. The Morgan fingerprint density at radius 1 is 1.31 bits per heavy atom. The number of aliphatic imine (C=N–C) groups is 1. The van der Waals surface area contributed by atoms with Crippen molar-refractivity contribution in [1.82, 2.24) is 20.7 Å². The molecule has 0 bridgehead atoms. The number of amides is 1. The predicted octanol–water partition coefficient (Wildman–Crippen LogP) is 1.03. The standard InChI is InChI=1S/C18H25N7O/c1-12-7-17(25-11-13(2)24(4)10-14(25)3)16(8-20)18(26)23-21-9-15(22-12)5-6-19/h9,13-14,21H,5,7,10-11H2,1-4H3,(H,23,26)/b15-9-,17-16+,22-12?/t13-,14?/m1/s1. The van der Waals surface area contributed by atoms with E-state index in [9.17, 15) is 10.1 Å². The first-order valence-electron chi connectivity index (χ1n) is 8.63. The van der Waals surface area contributed by atoms with Gasteiger partial charge in [0, 0.05) is 49.2 Å². The van der Waals surface area contributed by atoms with Gasteiger partial charge in [0.05, 0.1) is 18.2 Å². The normalized spacial score (nSPS) is 30.1. The van der Waals surface area contributed by atoms with Crippen molar-refractivity contribution in [2.24, 2.45) is 4.99 Å². The van der Waals surface area contributed by atoms with Crippen LogP contribution in [0, 0.1) is 22.7 Å². The minimum absolute atomic E-state index is 0.0905. The summed E-state index contributed by atoms with van der Waals surface area (Å²) >= 11 is 0. The lowest BCUT2D eigenvalue weighted by Gasteiger charge is -2.45. The van der Waals surface area contributed by atoms with Gasteiger partial charge < -0.3 is 10.3 Å². The summed E-state index contributed by atoms with van der Waals surface area (Å²) in [4.78, 5) is 21.4. The average Bonchev–Trinajstić information content (AvgIpc) is 2.57. The van der Waals surface area contributed by atoms with Crippen molar-refractivity contribution < 1.29 is 4.79 Å². The van der Waals surface area contributed by atoms with Crippen LogP contribution in [0.25, 0.3) is 0 Å². The number of nitrogens with zero attached hydrogens (tertiary/aromatic N) is 5. The van der Waals surface area contributed by atoms with Crippen molar-refractivity contribution >= 4 is 11.6 Å². The van der Waals surface area contributed by atoms with Gasteiger partial charge in [-0.2, -0.15) is 10.5 Å². The summed E-state index contributed by atoms with van der Waals surface area (Å²) in [6, 6.07) is 4.60. The molecule has 0 aromatic rings. The summed E-state index contributed by atoms with van der Waals surface area (Å²) in [5.41, 5.74) is 7.20. The van der Waals surface area contributed by atoms with Crippen LogP contribution in [0.1, 0.15) is 33.6 Å². The fourth-order valence-electron chi connectivity index (χ4n) is 3.23. The van der Waals surface area contributed by atoms with E-state index < -0.39 is 5.91 Å². The zero-order valence-corrected chi connectivity index (χ0v) is 15.7. The van der Waals surface area contributed by atoms with Crippen LogP contribution in [0.5, 0.6) is 0 Å². The number of hydrazine groups is 1. The highest BCUT2D eigenvalue weighted by atomic mass is 16.2. The van der Waals surface area contributed by atoms with Gasteiger partial charge in [-0.15, -0.1) is 0 Å². The first-order valence-corrected chi connectivity index (χ1v) is 8.63. The summed E-state index contributed by atoms with van der Waals surface area (Å²) in [6.45, 7) is 7.64. The minimum Gasteiger partial charge on any atom is -0.368 e. The van der Waals surface area contributed by atoms with Crippen LogP contribution in [-0.4, -0.2) is 53.6 Å². The van der Waals surface area contributed by atoms with Crippen molar-refractivity contribution in [1.29, 1.82) is 10.5 Å². The Hall–Kier alpha value is -2.84. The molecule has 26 heavy (non-hydrogen) atoms. The molecule has 2 rings (SSSR count). The summed E-state index contributed by atoms with van der Waals surface area (Å²) in [7, 11) is 2.08. The van der Waals surface area contributed by atoms with E-state index in [4.69, 9.17) is 5.26 Å². The lowest BCUT2D eigenvalue weighted by atomic mass is 10.0. The number of piperazine rings is 1. The molecule has 2 aliphatic heterocycles. The summed E-state index contributed by atoms with van der Waals surface area (Å²) in [5.74, 6) is -0.483. The van der Waals surface area contributed by atoms with E-state index in [2.05, 4.69) is 58.7 Å². The third kappa shape index (κ3) is 4.41. The SMILES string of the molecule is CC1=N/C(CC#N)=C\NNC(=O)/C(C#N)=C(/N2C[C@@H](C)N(C)CC2C)C1. The van der Waals surface area contributed by atoms with Crippen LogP contribution in [0.2, 0.25) is 0 Å². The van der Waals surface area contributed by atoms with Gasteiger partial charge >= 0.3 is 0 Å². The molecule has 2 N–H and O–H groups in total. The smallest absolute Gasteiger partial charge is 0.282 e. The Morgan fingerprint density at radius 3 is 2.69 bits per heavy atom. The van der Waals surface area contributed by atoms with E-state index in [1.165, 1.54) is 6.20 Å². The molecule has 8 nitrogen and oxygen atoms in total. The van der Waals surface area contributed by atoms with Crippen molar-refractivity contribution in [3.8, 4) is 12.1 Å². The molecular weight excluding hydrogens is 330 g/mol. The lowest BCUT2D eigenvalue weighted by molar-refractivity contribution is -0.118. The summed E-state index contributed by atoms with van der Waals surface area (Å²) in [5, 5.41) is 18.6. The molecule has 2 atom stereocenters. The van der Waals surface area contributed by atoms with Crippen LogP contribution < -0.4 is 10.9 Å². The summed E-state index contributed by atoms with van der Waals surface area (Å²) < 4.78 is 0. The Bertz CT molecular complexity index is 738. The molecule has 2 aliphatic rings. The molecule has 0 spiro atoms. The van der Waals surface area contributed by atoms with E-state index in [0.717, 1.165) is 18.8 Å². The first kappa shape index (κ1) is 19.5. The molecule has 138 valence electrons. The largest absolute Gasteiger partial charge is 0.368 e. The van der Waals surface area contributed by atoms with E-state index >= 15 is 0 Å². The van der Waals surface area contributed by atoms with Crippen molar-refractivity contribution in [3.63, 3.8) is 0 Å². The number of hydrogen-bond acceptors (Lipinski definition) is 7. The summed E-state index contributed by atoms with van der Waals surface area (Å²) in [6.07, 6.45) is 2.00. The number of likely N-dealkylation sites (N-methyl/N-ethyl adjacent to an activating group) is 1. The Morgan fingerprint density at radius 2 is 2.04 bits per heavy atom. The monoisotopic (exact) mass is 355 g/mol. The molecule has 0 aromatic heterocycles. The maximum Gasteiger partial charge on any atom is 0.282 e. The van der Waals surface area contributed by atoms with Gasteiger partial charge in [0.2, 0.25) is 0 Å². The topological polar surface area (TPSA) is 108 Å². The molecule has 1 amide bonds. The average molecular weight is 355 g/mol. The van der Waals surface area contributed by atoms with Crippen LogP contribution in [0.4, 0.5) is 0 Å². The van der Waals surface area contributed by atoms with Gasteiger partial charge in [-0.05, 0) is 27.8 Å². The maximum absolute atomic E-state index is 12.5. The number of carbonyl (C=O) groups is 1. The van der Waals surface area contributed by atoms with E-state index in [1.807, 2.05) is 6.92 Å². The first-order chi connectivity index (χ1) is 12.4. The zero-order chi connectivity index (χ0) is 19.3. The fourth-order valence-corrected chi connectivity index (χ4v) is 3.23. The lowest BCUT2D eigenvalue weighted by Crippen LogP contribution is -2.55. The third-order valence-electron chi connectivity index (χ3n) is 4.71. The maximum atomic E-state index is 12.5. The minimum atomic E-state index is -0.483. The molecule has 1 unspecified atom stereocenters. The molecule has 1 saturated heterocycles. The predicted molar refractivity (Wildman–Crippen MR) is 98.2 cm³/mol.